The van der Waals surface area contributed by atoms with E-state index < -0.39 is 38.2 Å². The number of aromatic nitrogens is 2. The van der Waals surface area contributed by atoms with Crippen molar-refractivity contribution in [3.05, 3.63) is 63.8 Å². The van der Waals surface area contributed by atoms with E-state index in [-0.39, 0.29) is 27.0 Å². The summed E-state index contributed by atoms with van der Waals surface area (Å²) in [7, 11) is -4.24. The first-order valence-corrected chi connectivity index (χ1v) is 10.3. The molecular formula is C17H9Cl2F5N2O2S. The van der Waals surface area contributed by atoms with E-state index in [0.717, 1.165) is 4.68 Å². The summed E-state index contributed by atoms with van der Waals surface area (Å²) in [4.78, 5) is -1.19. The Morgan fingerprint density at radius 2 is 1.45 bits per heavy atom. The Labute approximate surface area is 171 Å². The van der Waals surface area contributed by atoms with Gasteiger partial charge in [-0.05, 0) is 36.4 Å². The number of nitrogens with zero attached hydrogens (tertiary/aromatic N) is 2. The van der Waals surface area contributed by atoms with Crippen molar-refractivity contribution in [3.8, 4) is 16.9 Å². The Morgan fingerprint density at radius 1 is 0.931 bits per heavy atom. The molecule has 29 heavy (non-hydrogen) atoms. The van der Waals surface area contributed by atoms with Gasteiger partial charge in [-0.15, -0.1) is 0 Å². The quantitative estimate of drug-likeness (QED) is 0.471. The maximum absolute atomic E-state index is 14.3. The molecule has 0 amide bonds. The van der Waals surface area contributed by atoms with Gasteiger partial charge in [0.1, 0.15) is 16.5 Å². The number of alkyl halides is 3. The van der Waals surface area contributed by atoms with Gasteiger partial charge in [-0.1, -0.05) is 23.2 Å². The van der Waals surface area contributed by atoms with E-state index in [1.807, 2.05) is 0 Å². The van der Waals surface area contributed by atoms with Crippen LogP contribution in [0.5, 0.6) is 0 Å². The lowest BCUT2D eigenvalue weighted by atomic mass is 10.1. The normalized spacial score (nSPS) is 12.4. The van der Waals surface area contributed by atoms with E-state index in [4.69, 9.17) is 23.2 Å². The summed E-state index contributed by atoms with van der Waals surface area (Å²) in [5.41, 5.74) is -2.06. The van der Waals surface area contributed by atoms with Crippen LogP contribution in [0.15, 0.2) is 41.3 Å². The fraction of sp³-hybridized carbons (Fsp3) is 0.118. The molecule has 1 heterocycles. The third-order valence-corrected chi connectivity index (χ3v) is 5.32. The maximum Gasteiger partial charge on any atom is 0.435 e. The smallest absolute Gasteiger partial charge is 0.232 e. The summed E-state index contributed by atoms with van der Waals surface area (Å²) in [5, 5.41) is 3.63. The number of halogens is 7. The highest BCUT2D eigenvalue weighted by Crippen LogP contribution is 2.35. The van der Waals surface area contributed by atoms with Gasteiger partial charge >= 0.3 is 6.18 Å². The predicted octanol–water partition coefficient (Wildman–Crippen LogP) is 5.55. The van der Waals surface area contributed by atoms with Crippen molar-refractivity contribution < 1.29 is 30.4 Å². The molecule has 4 nitrogen and oxygen atoms in total. The van der Waals surface area contributed by atoms with Crippen LogP contribution in [0.1, 0.15) is 5.69 Å². The maximum atomic E-state index is 14.3. The van der Waals surface area contributed by atoms with Gasteiger partial charge in [0.05, 0.1) is 11.4 Å². The van der Waals surface area contributed by atoms with Crippen molar-refractivity contribution in [2.24, 2.45) is 0 Å². The summed E-state index contributed by atoms with van der Waals surface area (Å²) < 4.78 is 92.0. The van der Waals surface area contributed by atoms with Crippen molar-refractivity contribution in [2.75, 3.05) is 6.26 Å². The molecule has 2 aromatic carbocycles. The summed E-state index contributed by atoms with van der Waals surface area (Å²) >= 11 is 11.8. The molecule has 3 rings (SSSR count). The lowest BCUT2D eigenvalue weighted by molar-refractivity contribution is -0.141. The van der Waals surface area contributed by atoms with Crippen molar-refractivity contribution in [3.63, 3.8) is 0 Å². The average molecular weight is 471 g/mol. The molecule has 1 aromatic heterocycles. The van der Waals surface area contributed by atoms with Crippen LogP contribution in [-0.4, -0.2) is 24.5 Å². The number of hydrogen-bond acceptors (Lipinski definition) is 3. The molecule has 0 aliphatic heterocycles. The van der Waals surface area contributed by atoms with Gasteiger partial charge in [0.2, 0.25) is 0 Å². The molecule has 0 aliphatic carbocycles. The Bertz CT molecular complexity index is 1180. The van der Waals surface area contributed by atoms with E-state index in [1.54, 1.807) is 0 Å². The molecule has 0 N–H and O–H groups in total. The first kappa shape index (κ1) is 21.5. The largest absolute Gasteiger partial charge is 0.435 e. The third-order valence-electron chi connectivity index (χ3n) is 3.76. The highest BCUT2D eigenvalue weighted by molar-refractivity contribution is 7.90. The second kappa shape index (κ2) is 7.26. The van der Waals surface area contributed by atoms with Crippen LogP contribution >= 0.6 is 23.2 Å². The molecule has 0 saturated carbocycles. The zero-order valence-corrected chi connectivity index (χ0v) is 16.6. The lowest BCUT2D eigenvalue weighted by Gasteiger charge is -2.10. The van der Waals surface area contributed by atoms with Gasteiger partial charge in [0.15, 0.2) is 15.5 Å². The van der Waals surface area contributed by atoms with Gasteiger partial charge in [-0.25, -0.2) is 21.9 Å². The van der Waals surface area contributed by atoms with Gasteiger partial charge < -0.3 is 0 Å². The minimum Gasteiger partial charge on any atom is -0.232 e. The Kier molecular flexibility index (Phi) is 5.39. The van der Waals surface area contributed by atoms with Gasteiger partial charge in [0, 0.05) is 21.9 Å². The molecule has 0 radical (unpaired) electrons. The summed E-state index contributed by atoms with van der Waals surface area (Å²) in [6.45, 7) is 0. The fourth-order valence-electron chi connectivity index (χ4n) is 2.65. The number of sulfone groups is 1. The van der Waals surface area contributed by atoms with Crippen LogP contribution in [0.25, 0.3) is 16.9 Å². The second-order valence-electron chi connectivity index (χ2n) is 5.99. The van der Waals surface area contributed by atoms with Crippen LogP contribution < -0.4 is 0 Å². The van der Waals surface area contributed by atoms with Crippen molar-refractivity contribution in [1.29, 1.82) is 0 Å². The van der Waals surface area contributed by atoms with E-state index >= 15 is 0 Å². The highest BCUT2D eigenvalue weighted by atomic mass is 35.5. The summed E-state index contributed by atoms with van der Waals surface area (Å²) in [5.74, 6) is -2.90. The molecule has 0 spiro atoms. The summed E-state index contributed by atoms with van der Waals surface area (Å²) in [6.07, 6.45) is -4.25. The van der Waals surface area contributed by atoms with E-state index in [9.17, 15) is 30.4 Å². The Morgan fingerprint density at radius 3 is 1.90 bits per heavy atom. The zero-order chi connectivity index (χ0) is 21.7. The van der Waals surface area contributed by atoms with Crippen LogP contribution in [0.4, 0.5) is 22.0 Å². The first-order chi connectivity index (χ1) is 13.3. The molecule has 3 aromatic rings. The third kappa shape index (κ3) is 4.39. The molecule has 0 aliphatic rings. The van der Waals surface area contributed by atoms with Crippen molar-refractivity contribution in [1.82, 2.24) is 9.78 Å². The van der Waals surface area contributed by atoms with Crippen LogP contribution in [0, 0.1) is 11.6 Å². The minimum absolute atomic E-state index is 0.000931. The monoisotopic (exact) mass is 470 g/mol. The molecule has 0 fully saturated rings. The molecular weight excluding hydrogens is 462 g/mol. The number of rotatable bonds is 3. The van der Waals surface area contributed by atoms with Gasteiger partial charge in [0.25, 0.3) is 0 Å². The fourth-order valence-corrected chi connectivity index (χ4v) is 3.99. The van der Waals surface area contributed by atoms with E-state index in [2.05, 4.69) is 5.10 Å². The molecule has 12 heteroatoms. The molecule has 0 atom stereocenters. The SMILES string of the molecule is CS(=O)(=O)c1c(F)cc(-c2cc(C(F)(F)F)nn2-c2cc(Cl)cc(Cl)c2)cc1F. The number of benzene rings is 2. The van der Waals surface area contributed by atoms with Crippen LogP contribution in [0.2, 0.25) is 10.0 Å². The summed E-state index contributed by atoms with van der Waals surface area (Å²) in [6, 6.07) is 5.63. The van der Waals surface area contributed by atoms with Crippen molar-refractivity contribution in [2.45, 2.75) is 11.1 Å². The standard InChI is InChI=1S/C17H9Cl2F5N2O2S/c1-29(27,28)16-12(20)2-8(3-13(16)21)14-7-15(17(22,23)24)25-26(14)11-5-9(18)4-10(19)6-11/h2-7H,1H3. The number of hydrogen-bond donors (Lipinski definition) is 0. The van der Waals surface area contributed by atoms with E-state index in [1.165, 1.54) is 18.2 Å². The van der Waals surface area contributed by atoms with Crippen LogP contribution in [0.3, 0.4) is 0 Å². The highest BCUT2D eigenvalue weighted by Gasteiger charge is 2.35. The van der Waals surface area contributed by atoms with Crippen LogP contribution in [-0.2, 0) is 16.0 Å². The minimum atomic E-state index is -4.86. The van der Waals surface area contributed by atoms with Gasteiger partial charge in [-0.3, -0.25) is 0 Å². The molecule has 154 valence electrons. The Balaban J connectivity index is 2.31. The zero-order valence-electron chi connectivity index (χ0n) is 14.2. The second-order valence-corrected chi connectivity index (χ2v) is 8.82. The first-order valence-electron chi connectivity index (χ1n) is 7.60. The average Bonchev–Trinajstić information content (AvgIpc) is 2.97. The van der Waals surface area contributed by atoms with Gasteiger partial charge in [-0.2, -0.15) is 18.3 Å². The van der Waals surface area contributed by atoms with E-state index in [0.29, 0.717) is 24.5 Å². The topological polar surface area (TPSA) is 52.0 Å². The molecule has 0 saturated heterocycles. The molecule has 0 bridgehead atoms. The Hall–Kier alpha value is -2.17. The van der Waals surface area contributed by atoms with Crippen molar-refractivity contribution >= 4 is 33.0 Å². The molecule has 0 unspecified atom stereocenters. The lowest BCUT2D eigenvalue weighted by Crippen LogP contribution is -2.08. The predicted molar refractivity (Wildman–Crippen MR) is 97.0 cm³/mol.